The number of nitrogens with one attached hydrogen (secondary N) is 2. The molecule has 0 aliphatic rings. The van der Waals surface area contributed by atoms with E-state index < -0.39 is 36.4 Å². The van der Waals surface area contributed by atoms with Crippen LogP contribution in [0.5, 0.6) is 0 Å². The summed E-state index contributed by atoms with van der Waals surface area (Å²) in [5.41, 5.74) is 3.56. The Labute approximate surface area is 337 Å². The summed E-state index contributed by atoms with van der Waals surface area (Å²) in [4.78, 5) is 24.2. The molecule has 1 aromatic rings. The Bertz CT molecular complexity index is 1270. The lowest BCUT2D eigenvalue weighted by molar-refractivity contribution is -0.142. The summed E-state index contributed by atoms with van der Waals surface area (Å²) in [5, 5.41) is 50.2. The minimum Gasteiger partial charge on any atom is -0.460 e. The lowest BCUT2D eigenvalue weighted by Gasteiger charge is -2.24. The highest BCUT2D eigenvalue weighted by Crippen LogP contribution is 2.24. The van der Waals surface area contributed by atoms with Crippen LogP contribution in [0.4, 0.5) is 0 Å². The first kappa shape index (κ1) is 51.3. The predicted molar refractivity (Wildman–Crippen MR) is 221 cm³/mol. The van der Waals surface area contributed by atoms with Crippen molar-refractivity contribution in [2.24, 2.45) is 11.8 Å². The van der Waals surface area contributed by atoms with Crippen LogP contribution >= 0.6 is 0 Å². The van der Waals surface area contributed by atoms with Crippen molar-refractivity contribution in [2.75, 3.05) is 52.7 Å². The minimum atomic E-state index is -1.07. The van der Waals surface area contributed by atoms with Crippen LogP contribution in [0, 0.1) is 11.8 Å². The standard InChI is InChI=1S/C44H76N2O10/c1-9-13-15-33(11-3)25-53-27-39(49)22-45-21-36-18-17-35(19-37(47)29-55-43(51)31(5)6)42(41(36)20-38(48)30-56-44(52)32(7)8)24-46-23-40(50)28-54-26-34(12-4)16-14-10-2/h17-18,33-34,37-40,45-50H,5,7,9-16,19-30H2,1-4,6,8H3. The van der Waals surface area contributed by atoms with Gasteiger partial charge < -0.3 is 50.0 Å². The quantitative estimate of drug-likeness (QED) is 0.0403. The predicted octanol–water partition coefficient (Wildman–Crippen LogP) is 5.10. The van der Waals surface area contributed by atoms with Crippen molar-refractivity contribution in [3.05, 3.63) is 58.7 Å². The molecule has 1 aromatic carbocycles. The van der Waals surface area contributed by atoms with E-state index in [1.165, 1.54) is 13.8 Å². The van der Waals surface area contributed by atoms with Gasteiger partial charge in [0.2, 0.25) is 0 Å². The van der Waals surface area contributed by atoms with Crippen LogP contribution in [0.1, 0.15) is 115 Å². The smallest absolute Gasteiger partial charge is 0.333 e. The number of aliphatic hydroxyl groups is 4. The summed E-state index contributed by atoms with van der Waals surface area (Å²) in [5.74, 6) is -0.274. The average molecular weight is 793 g/mol. The highest BCUT2D eigenvalue weighted by molar-refractivity contribution is 5.87. The first-order chi connectivity index (χ1) is 26.8. The number of hydrogen-bond acceptors (Lipinski definition) is 12. The second-order valence-electron chi connectivity index (χ2n) is 15.3. The molecule has 0 aliphatic heterocycles. The summed E-state index contributed by atoms with van der Waals surface area (Å²) >= 11 is 0. The monoisotopic (exact) mass is 793 g/mol. The van der Waals surface area contributed by atoms with Gasteiger partial charge in [-0.1, -0.05) is 91.5 Å². The van der Waals surface area contributed by atoms with E-state index in [-0.39, 0.29) is 70.0 Å². The van der Waals surface area contributed by atoms with Crippen LogP contribution < -0.4 is 10.6 Å². The molecule has 6 N–H and O–H groups in total. The largest absolute Gasteiger partial charge is 0.460 e. The summed E-state index contributed by atoms with van der Waals surface area (Å²) in [7, 11) is 0. The van der Waals surface area contributed by atoms with Gasteiger partial charge in [0.05, 0.1) is 37.6 Å². The third kappa shape index (κ3) is 22.3. The Morgan fingerprint density at radius 2 is 1.05 bits per heavy atom. The molecule has 0 saturated heterocycles. The first-order valence-electron chi connectivity index (χ1n) is 20.8. The lowest BCUT2D eigenvalue weighted by Crippen LogP contribution is -2.33. The van der Waals surface area contributed by atoms with Gasteiger partial charge in [0.25, 0.3) is 0 Å². The zero-order chi connectivity index (χ0) is 41.9. The summed E-state index contributed by atoms with van der Waals surface area (Å²) in [6, 6.07) is 3.78. The highest BCUT2D eigenvalue weighted by Gasteiger charge is 2.21. The number of aliphatic hydroxyl groups excluding tert-OH is 4. The Balaban J connectivity index is 3.26. The van der Waals surface area contributed by atoms with Crippen LogP contribution in [-0.2, 0) is 54.5 Å². The number of benzene rings is 1. The molecule has 0 saturated carbocycles. The molecule has 0 amide bonds. The molecule has 12 nitrogen and oxygen atoms in total. The normalized spacial score (nSPS) is 14.8. The van der Waals surface area contributed by atoms with Crippen LogP contribution in [0.3, 0.4) is 0 Å². The number of rotatable bonds is 34. The molecule has 0 bridgehead atoms. The van der Waals surface area contributed by atoms with E-state index in [0.717, 1.165) is 73.6 Å². The van der Waals surface area contributed by atoms with Gasteiger partial charge in [-0.2, -0.15) is 0 Å². The van der Waals surface area contributed by atoms with Crippen molar-refractivity contribution in [3.63, 3.8) is 0 Å². The number of carbonyl (C=O) groups is 2. The number of carbonyl (C=O) groups excluding carboxylic acids is 2. The third-order valence-corrected chi connectivity index (χ3v) is 9.82. The highest BCUT2D eigenvalue weighted by atomic mass is 16.5. The van der Waals surface area contributed by atoms with Gasteiger partial charge in [-0.05, 0) is 60.8 Å². The molecular formula is C44H76N2O10. The van der Waals surface area contributed by atoms with Gasteiger partial charge in [0.15, 0.2) is 0 Å². The SMILES string of the molecule is C=C(C)C(=O)OCC(O)Cc1ccc(CNCC(O)COCC(CC)CCCC)c(CC(O)COC(=O)C(=C)C)c1CNCC(O)COCC(CC)CCCC. The number of esters is 2. The van der Waals surface area contributed by atoms with E-state index in [9.17, 15) is 30.0 Å². The molecule has 6 atom stereocenters. The molecule has 6 unspecified atom stereocenters. The van der Waals surface area contributed by atoms with E-state index in [2.05, 4.69) is 51.5 Å². The van der Waals surface area contributed by atoms with Crippen LogP contribution in [-0.4, -0.2) is 110 Å². The maximum Gasteiger partial charge on any atom is 0.333 e. The molecule has 0 spiro atoms. The Morgan fingerprint density at radius 1 is 0.607 bits per heavy atom. The maximum absolute atomic E-state index is 12.1. The second-order valence-corrected chi connectivity index (χ2v) is 15.3. The molecule has 0 heterocycles. The van der Waals surface area contributed by atoms with E-state index in [0.29, 0.717) is 31.6 Å². The van der Waals surface area contributed by atoms with Crippen molar-refractivity contribution in [1.29, 1.82) is 0 Å². The van der Waals surface area contributed by atoms with Gasteiger partial charge >= 0.3 is 11.9 Å². The molecule has 56 heavy (non-hydrogen) atoms. The van der Waals surface area contributed by atoms with Crippen molar-refractivity contribution < 1.29 is 49.0 Å². The lowest BCUT2D eigenvalue weighted by atomic mass is 9.89. The average Bonchev–Trinajstić information content (AvgIpc) is 3.16. The van der Waals surface area contributed by atoms with E-state index in [1.54, 1.807) is 0 Å². The fourth-order valence-corrected chi connectivity index (χ4v) is 6.21. The fraction of sp³-hybridized carbons (Fsp3) is 0.727. The van der Waals surface area contributed by atoms with E-state index in [4.69, 9.17) is 18.9 Å². The first-order valence-corrected chi connectivity index (χ1v) is 20.8. The summed E-state index contributed by atoms with van der Waals surface area (Å²) in [6.45, 7) is 21.2. The Kier molecular flexibility index (Phi) is 27.9. The van der Waals surface area contributed by atoms with Gasteiger partial charge in [-0.15, -0.1) is 0 Å². The van der Waals surface area contributed by atoms with Gasteiger partial charge in [0, 0.05) is 63.4 Å². The second kappa shape index (κ2) is 30.4. The van der Waals surface area contributed by atoms with Crippen LogP contribution in [0.15, 0.2) is 36.4 Å². The number of unbranched alkanes of at least 4 members (excludes halogenated alkanes) is 2. The topological polar surface area (TPSA) is 176 Å². The van der Waals surface area contributed by atoms with E-state index >= 15 is 0 Å². The van der Waals surface area contributed by atoms with E-state index in [1.807, 2.05) is 12.1 Å². The van der Waals surface area contributed by atoms with Gasteiger partial charge in [-0.3, -0.25) is 0 Å². The van der Waals surface area contributed by atoms with Crippen molar-refractivity contribution in [2.45, 2.75) is 143 Å². The Morgan fingerprint density at radius 3 is 1.50 bits per heavy atom. The molecule has 322 valence electrons. The molecule has 0 radical (unpaired) electrons. The molecule has 0 aromatic heterocycles. The molecular weight excluding hydrogens is 716 g/mol. The number of ether oxygens (including phenoxy) is 4. The molecule has 1 rings (SSSR count). The Hall–Kier alpha value is -2.68. The van der Waals surface area contributed by atoms with Crippen molar-refractivity contribution in [3.8, 4) is 0 Å². The molecule has 12 heteroatoms. The third-order valence-electron chi connectivity index (χ3n) is 9.82. The zero-order valence-electron chi connectivity index (χ0n) is 35.4. The summed E-state index contributed by atoms with van der Waals surface area (Å²) < 4.78 is 22.2. The molecule has 0 aliphatic carbocycles. The summed E-state index contributed by atoms with van der Waals surface area (Å²) in [6.07, 6.45) is 5.49. The minimum absolute atomic E-state index is 0.107. The van der Waals surface area contributed by atoms with Gasteiger partial charge in [-0.25, -0.2) is 9.59 Å². The van der Waals surface area contributed by atoms with Gasteiger partial charge in [0.1, 0.15) is 13.2 Å². The zero-order valence-corrected chi connectivity index (χ0v) is 35.4. The molecule has 0 fully saturated rings. The maximum atomic E-state index is 12.1. The fourth-order valence-electron chi connectivity index (χ4n) is 6.21. The number of hydrogen-bond donors (Lipinski definition) is 6. The van der Waals surface area contributed by atoms with Crippen LogP contribution in [0.2, 0.25) is 0 Å². The van der Waals surface area contributed by atoms with Crippen molar-refractivity contribution in [1.82, 2.24) is 10.6 Å². The van der Waals surface area contributed by atoms with Crippen LogP contribution in [0.25, 0.3) is 0 Å². The van der Waals surface area contributed by atoms with Crippen molar-refractivity contribution >= 4 is 11.9 Å².